The van der Waals surface area contributed by atoms with E-state index in [1.807, 2.05) is 0 Å². The highest BCUT2D eigenvalue weighted by Crippen LogP contribution is 2.28. The Labute approximate surface area is 189 Å². The first kappa shape index (κ1) is 27.6. The molecule has 0 aromatic rings. The van der Waals surface area contributed by atoms with Crippen LogP contribution in [-0.2, 0) is 14.3 Å². The van der Waals surface area contributed by atoms with Gasteiger partial charge >= 0.3 is 0 Å². The molecular formula is C23H46ClN3O3. The van der Waals surface area contributed by atoms with Crippen molar-refractivity contribution in [2.45, 2.75) is 77.7 Å². The van der Waals surface area contributed by atoms with Gasteiger partial charge in [-0.2, -0.15) is 0 Å². The van der Waals surface area contributed by atoms with Crippen molar-refractivity contribution in [3.05, 3.63) is 0 Å². The van der Waals surface area contributed by atoms with Crippen LogP contribution in [0.1, 0.15) is 71.6 Å². The Kier molecular flexibility index (Phi) is 15.8. The van der Waals surface area contributed by atoms with Crippen molar-refractivity contribution in [2.24, 2.45) is 11.1 Å². The van der Waals surface area contributed by atoms with Crippen LogP contribution < -0.4 is 11.1 Å². The van der Waals surface area contributed by atoms with Gasteiger partial charge < -0.3 is 25.4 Å². The summed E-state index contributed by atoms with van der Waals surface area (Å²) in [4.78, 5) is 14.3. The second-order valence-corrected chi connectivity index (χ2v) is 9.55. The van der Waals surface area contributed by atoms with Gasteiger partial charge in [0.15, 0.2) is 0 Å². The smallest absolute Gasteiger partial charge is 0.220 e. The molecule has 1 atom stereocenters. The molecule has 1 aliphatic rings. The number of nitrogens with two attached hydrogens (primary N) is 1. The lowest BCUT2D eigenvalue weighted by Crippen LogP contribution is -2.35. The Hall–Kier alpha value is -0.400. The van der Waals surface area contributed by atoms with Gasteiger partial charge in [-0.25, -0.2) is 0 Å². The first-order chi connectivity index (χ1) is 14.5. The Morgan fingerprint density at radius 2 is 1.67 bits per heavy atom. The zero-order chi connectivity index (χ0) is 22.1. The van der Waals surface area contributed by atoms with Crippen LogP contribution in [0.25, 0.3) is 0 Å². The van der Waals surface area contributed by atoms with E-state index in [0.717, 1.165) is 57.8 Å². The topological polar surface area (TPSA) is 76.8 Å². The highest BCUT2D eigenvalue weighted by Gasteiger charge is 2.36. The molecule has 1 fully saturated rings. The number of unbranched alkanes of at least 4 members (excludes halogenated alkanes) is 6. The lowest BCUT2D eigenvalue weighted by molar-refractivity contribution is -0.121. The first-order valence-corrected chi connectivity index (χ1v) is 12.5. The highest BCUT2D eigenvalue weighted by atomic mass is 35.5. The predicted molar refractivity (Wildman–Crippen MR) is 125 cm³/mol. The summed E-state index contributed by atoms with van der Waals surface area (Å²) in [5, 5.41) is 2.93. The molecule has 7 heteroatoms. The molecule has 6 nitrogen and oxygen atoms in total. The van der Waals surface area contributed by atoms with E-state index in [-0.39, 0.29) is 17.4 Å². The average Bonchev–Trinajstić information content (AvgIpc) is 2.97. The maximum absolute atomic E-state index is 11.9. The van der Waals surface area contributed by atoms with Crippen molar-refractivity contribution in [3.63, 3.8) is 0 Å². The van der Waals surface area contributed by atoms with Gasteiger partial charge in [-0.3, -0.25) is 4.79 Å². The number of hydrogen-bond acceptors (Lipinski definition) is 5. The maximum atomic E-state index is 11.9. The third-order valence-corrected chi connectivity index (χ3v) is 6.10. The molecule has 0 bridgehead atoms. The second kappa shape index (κ2) is 17.2. The van der Waals surface area contributed by atoms with Crippen LogP contribution in [0, 0.1) is 5.41 Å². The van der Waals surface area contributed by atoms with Gasteiger partial charge in [0.1, 0.15) is 0 Å². The zero-order valence-corrected chi connectivity index (χ0v) is 20.2. The summed E-state index contributed by atoms with van der Waals surface area (Å²) in [5.74, 6) is 0.873. The fourth-order valence-electron chi connectivity index (χ4n) is 3.75. The number of ether oxygens (including phenoxy) is 2. The molecule has 1 amide bonds. The van der Waals surface area contributed by atoms with Gasteiger partial charge in [-0.05, 0) is 37.6 Å². The molecule has 30 heavy (non-hydrogen) atoms. The molecule has 0 aliphatic carbocycles. The minimum absolute atomic E-state index is 0.124. The Bertz CT molecular complexity index is 438. The van der Waals surface area contributed by atoms with E-state index in [2.05, 4.69) is 24.1 Å². The third kappa shape index (κ3) is 13.8. The molecule has 1 aliphatic heterocycles. The van der Waals surface area contributed by atoms with Crippen molar-refractivity contribution in [2.75, 3.05) is 58.5 Å². The molecule has 3 N–H and O–H groups in total. The minimum Gasteiger partial charge on any atom is -0.379 e. The van der Waals surface area contributed by atoms with E-state index in [9.17, 15) is 4.79 Å². The lowest BCUT2D eigenvalue weighted by atomic mass is 9.89. The van der Waals surface area contributed by atoms with Gasteiger partial charge in [-0.15, -0.1) is 11.6 Å². The Morgan fingerprint density at radius 3 is 2.37 bits per heavy atom. The zero-order valence-electron chi connectivity index (χ0n) is 19.4. The quantitative estimate of drug-likeness (QED) is 0.234. The Morgan fingerprint density at radius 1 is 1.00 bits per heavy atom. The number of carbonyl (C=O) groups is 1. The third-order valence-electron chi connectivity index (χ3n) is 5.83. The molecule has 1 saturated heterocycles. The number of amides is 1. The van der Waals surface area contributed by atoms with Crippen molar-refractivity contribution in [1.29, 1.82) is 0 Å². The first-order valence-electron chi connectivity index (χ1n) is 11.9. The SMILES string of the molecule is CC1(C)CN(CCCCCCC(=O)NCCOCCOCCCCCCCl)C[C@@H]1N. The van der Waals surface area contributed by atoms with Crippen LogP contribution in [0.3, 0.4) is 0 Å². The van der Waals surface area contributed by atoms with Crippen LogP contribution in [-0.4, -0.2) is 75.3 Å². The highest BCUT2D eigenvalue weighted by molar-refractivity contribution is 6.17. The largest absolute Gasteiger partial charge is 0.379 e. The number of hydrogen-bond donors (Lipinski definition) is 2. The fraction of sp³-hybridized carbons (Fsp3) is 0.957. The summed E-state index contributed by atoms with van der Waals surface area (Å²) in [7, 11) is 0. The van der Waals surface area contributed by atoms with Gasteiger partial charge in [0, 0.05) is 44.6 Å². The molecule has 0 aromatic carbocycles. The fourth-order valence-corrected chi connectivity index (χ4v) is 3.94. The van der Waals surface area contributed by atoms with Crippen LogP contribution in [0.4, 0.5) is 0 Å². The summed E-state index contributed by atoms with van der Waals surface area (Å²) in [5.41, 5.74) is 6.42. The number of rotatable bonds is 19. The standard InChI is InChI=1S/C23H46ClN3O3/c1-23(2)20-27(19-21(23)25)14-9-5-3-7-11-22(28)26-13-16-30-18-17-29-15-10-6-4-8-12-24/h21H,3-20,25H2,1-2H3,(H,26,28)/t21-/m0/s1. The van der Waals surface area contributed by atoms with Gasteiger partial charge in [0.05, 0.1) is 19.8 Å². The van der Waals surface area contributed by atoms with Gasteiger partial charge in [-0.1, -0.05) is 39.5 Å². The number of halogens is 1. The van der Waals surface area contributed by atoms with Crippen molar-refractivity contribution < 1.29 is 14.3 Å². The monoisotopic (exact) mass is 447 g/mol. The summed E-state index contributed by atoms with van der Waals surface area (Å²) in [6.45, 7) is 10.8. The molecule has 0 unspecified atom stereocenters. The van der Waals surface area contributed by atoms with Crippen LogP contribution >= 0.6 is 11.6 Å². The van der Waals surface area contributed by atoms with E-state index in [1.54, 1.807) is 0 Å². The summed E-state index contributed by atoms with van der Waals surface area (Å²) in [6, 6.07) is 0.286. The van der Waals surface area contributed by atoms with E-state index in [1.165, 1.54) is 25.7 Å². The molecule has 0 aromatic heterocycles. The van der Waals surface area contributed by atoms with E-state index in [0.29, 0.717) is 32.8 Å². The predicted octanol–water partition coefficient (Wildman–Crippen LogP) is 3.55. The molecule has 178 valence electrons. The summed E-state index contributed by atoms with van der Waals surface area (Å²) in [6.07, 6.45) is 9.55. The van der Waals surface area contributed by atoms with Crippen LogP contribution in [0.5, 0.6) is 0 Å². The summed E-state index contributed by atoms with van der Waals surface area (Å²) >= 11 is 5.64. The lowest BCUT2D eigenvalue weighted by Gasteiger charge is -2.22. The Balaban J connectivity index is 1.79. The van der Waals surface area contributed by atoms with E-state index >= 15 is 0 Å². The number of carbonyl (C=O) groups excluding carboxylic acids is 1. The van der Waals surface area contributed by atoms with E-state index < -0.39 is 0 Å². The molecule has 1 heterocycles. The summed E-state index contributed by atoms with van der Waals surface area (Å²) < 4.78 is 11.0. The molecule has 0 saturated carbocycles. The van der Waals surface area contributed by atoms with Crippen molar-refractivity contribution in [1.82, 2.24) is 10.2 Å². The van der Waals surface area contributed by atoms with Crippen molar-refractivity contribution in [3.8, 4) is 0 Å². The number of likely N-dealkylation sites (tertiary alicyclic amines) is 1. The molecule has 1 rings (SSSR count). The van der Waals surface area contributed by atoms with Crippen LogP contribution in [0.15, 0.2) is 0 Å². The van der Waals surface area contributed by atoms with Gasteiger partial charge in [0.25, 0.3) is 0 Å². The normalized spacial score (nSPS) is 18.7. The molecule has 0 spiro atoms. The molecular weight excluding hydrogens is 402 g/mol. The number of nitrogens with zero attached hydrogens (tertiary/aromatic N) is 1. The second-order valence-electron chi connectivity index (χ2n) is 9.17. The number of alkyl halides is 1. The number of nitrogens with one attached hydrogen (secondary N) is 1. The maximum Gasteiger partial charge on any atom is 0.220 e. The van der Waals surface area contributed by atoms with Gasteiger partial charge in [0.2, 0.25) is 5.91 Å². The van der Waals surface area contributed by atoms with Crippen molar-refractivity contribution >= 4 is 17.5 Å². The molecule has 0 radical (unpaired) electrons. The average molecular weight is 448 g/mol. The van der Waals surface area contributed by atoms with Crippen LogP contribution in [0.2, 0.25) is 0 Å². The van der Waals surface area contributed by atoms with E-state index in [4.69, 9.17) is 26.8 Å². The minimum atomic E-state index is 0.124.